The van der Waals surface area contributed by atoms with E-state index in [1.54, 1.807) is 11.3 Å². The van der Waals surface area contributed by atoms with Crippen molar-refractivity contribution in [2.75, 3.05) is 26.7 Å². The van der Waals surface area contributed by atoms with Gasteiger partial charge in [0.05, 0.1) is 17.3 Å². The molecule has 2 N–H and O–H groups in total. The molecule has 0 bridgehead atoms. The van der Waals surface area contributed by atoms with E-state index in [0.29, 0.717) is 5.92 Å². The van der Waals surface area contributed by atoms with Gasteiger partial charge in [0.1, 0.15) is 5.75 Å². The summed E-state index contributed by atoms with van der Waals surface area (Å²) in [5.74, 6) is 2.31. The highest BCUT2D eigenvalue weighted by Gasteiger charge is 2.21. The van der Waals surface area contributed by atoms with Crippen LogP contribution >= 0.6 is 11.3 Å². The topological polar surface area (TPSA) is 58.5 Å². The predicted octanol–water partition coefficient (Wildman–Crippen LogP) is 3.03. The summed E-state index contributed by atoms with van der Waals surface area (Å²) in [4.78, 5) is 10.2. The van der Waals surface area contributed by atoms with Gasteiger partial charge in [-0.3, -0.25) is 4.99 Å². The lowest BCUT2D eigenvalue weighted by atomic mass is 9.93. The van der Waals surface area contributed by atoms with Crippen LogP contribution < -0.4 is 15.4 Å². The number of ether oxygens (including phenoxy) is 1. The van der Waals surface area contributed by atoms with Crippen molar-refractivity contribution in [3.8, 4) is 5.75 Å². The van der Waals surface area contributed by atoms with Crippen LogP contribution in [0.1, 0.15) is 33.5 Å². The Morgan fingerprint density at radius 2 is 2.16 bits per heavy atom. The second-order valence-electron chi connectivity index (χ2n) is 6.25. The average Bonchev–Trinajstić information content (AvgIpc) is 2.95. The van der Waals surface area contributed by atoms with E-state index in [4.69, 9.17) is 4.74 Å². The van der Waals surface area contributed by atoms with Gasteiger partial charge in [0.25, 0.3) is 0 Å². The van der Waals surface area contributed by atoms with Gasteiger partial charge in [-0.2, -0.15) is 0 Å². The summed E-state index contributed by atoms with van der Waals surface area (Å²) in [5.41, 5.74) is 2.42. The molecule has 1 aliphatic rings. The van der Waals surface area contributed by atoms with Crippen molar-refractivity contribution >= 4 is 17.3 Å². The summed E-state index contributed by atoms with van der Waals surface area (Å²) in [6, 6.07) is 8.31. The Bertz CT molecular complexity index is 721. The summed E-state index contributed by atoms with van der Waals surface area (Å²) in [6.45, 7) is 6.65. The third kappa shape index (κ3) is 4.51. The number of nitrogens with zero attached hydrogens (tertiary/aromatic N) is 2. The molecule has 0 amide bonds. The first-order valence-electron chi connectivity index (χ1n) is 8.76. The minimum Gasteiger partial charge on any atom is -0.493 e. The van der Waals surface area contributed by atoms with Crippen molar-refractivity contribution in [1.82, 2.24) is 15.6 Å². The molecule has 1 atom stereocenters. The number of aryl methyl sites for hydroxylation is 2. The minimum atomic E-state index is 0.452. The van der Waals surface area contributed by atoms with Gasteiger partial charge in [-0.05, 0) is 31.9 Å². The van der Waals surface area contributed by atoms with Crippen molar-refractivity contribution < 1.29 is 4.74 Å². The van der Waals surface area contributed by atoms with Gasteiger partial charge in [0.2, 0.25) is 0 Å². The highest BCUT2D eigenvalue weighted by atomic mass is 32.1. The summed E-state index contributed by atoms with van der Waals surface area (Å²) >= 11 is 1.78. The zero-order valence-corrected chi connectivity index (χ0v) is 15.9. The average molecular weight is 359 g/mol. The van der Waals surface area contributed by atoms with Gasteiger partial charge in [-0.25, -0.2) is 4.98 Å². The van der Waals surface area contributed by atoms with Crippen LogP contribution in [0.25, 0.3) is 0 Å². The van der Waals surface area contributed by atoms with Crippen molar-refractivity contribution in [1.29, 1.82) is 0 Å². The lowest BCUT2D eigenvalue weighted by Crippen LogP contribution is -2.40. The van der Waals surface area contributed by atoms with E-state index < -0.39 is 0 Å². The Kier molecular flexibility index (Phi) is 5.91. The molecule has 1 unspecified atom stereocenters. The molecule has 0 aliphatic carbocycles. The number of aliphatic imine (C=N–C) groups is 1. The highest BCUT2D eigenvalue weighted by Crippen LogP contribution is 2.32. The van der Waals surface area contributed by atoms with Gasteiger partial charge >= 0.3 is 0 Å². The first kappa shape index (κ1) is 17.7. The molecule has 0 radical (unpaired) electrons. The summed E-state index contributed by atoms with van der Waals surface area (Å²) in [7, 11) is 1.81. The summed E-state index contributed by atoms with van der Waals surface area (Å²) in [6.07, 6.45) is 1.94. The monoisotopic (exact) mass is 358 g/mol. The van der Waals surface area contributed by atoms with Crippen molar-refractivity contribution in [3.63, 3.8) is 0 Å². The Balaban J connectivity index is 1.48. The molecule has 5 nitrogen and oxygen atoms in total. The quantitative estimate of drug-likeness (QED) is 0.637. The molecule has 0 spiro atoms. The first-order chi connectivity index (χ1) is 12.2. The third-order valence-corrected chi connectivity index (χ3v) is 5.66. The van der Waals surface area contributed by atoms with E-state index in [2.05, 4.69) is 46.6 Å². The molecule has 6 heteroatoms. The Labute approximate surface area is 153 Å². The Hall–Kier alpha value is -2.08. The van der Waals surface area contributed by atoms with Gasteiger partial charge in [0, 0.05) is 37.4 Å². The minimum absolute atomic E-state index is 0.452. The number of hydrogen-bond acceptors (Lipinski definition) is 4. The van der Waals surface area contributed by atoms with Crippen LogP contribution in [0.15, 0.2) is 29.3 Å². The van der Waals surface area contributed by atoms with E-state index in [1.165, 1.54) is 15.4 Å². The smallest absolute Gasteiger partial charge is 0.191 e. The van der Waals surface area contributed by atoms with E-state index in [-0.39, 0.29) is 0 Å². The lowest BCUT2D eigenvalue weighted by Gasteiger charge is -2.26. The SMILES string of the molecule is CN=C(NCCc1nc(C)c(C)s1)NCC1CCOc2ccccc21. The summed E-state index contributed by atoms with van der Waals surface area (Å²) in [5, 5.41) is 8.01. The fraction of sp³-hybridized carbons (Fsp3) is 0.474. The third-order valence-electron chi connectivity index (χ3n) is 4.53. The molecule has 1 aromatic heterocycles. The van der Waals surface area contributed by atoms with Crippen molar-refractivity contribution in [2.24, 2.45) is 4.99 Å². The van der Waals surface area contributed by atoms with E-state index in [0.717, 1.165) is 49.9 Å². The van der Waals surface area contributed by atoms with Crippen LogP contribution in [-0.4, -0.2) is 37.7 Å². The van der Waals surface area contributed by atoms with Crippen LogP contribution in [0.4, 0.5) is 0 Å². The number of nitrogens with one attached hydrogen (secondary N) is 2. The lowest BCUT2D eigenvalue weighted by molar-refractivity contribution is 0.267. The number of rotatable bonds is 5. The van der Waals surface area contributed by atoms with Gasteiger partial charge < -0.3 is 15.4 Å². The fourth-order valence-electron chi connectivity index (χ4n) is 3.00. The zero-order chi connectivity index (χ0) is 17.6. The molecule has 1 aliphatic heterocycles. The zero-order valence-electron chi connectivity index (χ0n) is 15.1. The molecule has 0 fully saturated rings. The fourth-order valence-corrected chi connectivity index (χ4v) is 3.94. The van der Waals surface area contributed by atoms with Crippen LogP contribution in [0.5, 0.6) is 5.75 Å². The number of aromatic nitrogens is 1. The predicted molar refractivity (Wildman–Crippen MR) is 104 cm³/mol. The largest absolute Gasteiger partial charge is 0.493 e. The first-order valence-corrected chi connectivity index (χ1v) is 9.58. The van der Waals surface area contributed by atoms with Crippen LogP contribution in [0, 0.1) is 13.8 Å². The second kappa shape index (κ2) is 8.34. The van der Waals surface area contributed by atoms with Crippen LogP contribution in [-0.2, 0) is 6.42 Å². The second-order valence-corrected chi connectivity index (χ2v) is 7.54. The van der Waals surface area contributed by atoms with E-state index in [1.807, 2.05) is 19.2 Å². The highest BCUT2D eigenvalue weighted by molar-refractivity contribution is 7.11. The van der Waals surface area contributed by atoms with Crippen LogP contribution in [0.3, 0.4) is 0 Å². The van der Waals surface area contributed by atoms with Crippen molar-refractivity contribution in [3.05, 3.63) is 45.4 Å². The number of fused-ring (bicyclic) bond motifs is 1. The van der Waals surface area contributed by atoms with Crippen LogP contribution in [0.2, 0.25) is 0 Å². The molecule has 2 heterocycles. The Morgan fingerprint density at radius 1 is 1.32 bits per heavy atom. The molecular formula is C19H26N4OS. The summed E-state index contributed by atoms with van der Waals surface area (Å²) < 4.78 is 5.73. The van der Waals surface area contributed by atoms with E-state index in [9.17, 15) is 0 Å². The van der Waals surface area contributed by atoms with Gasteiger partial charge in [-0.15, -0.1) is 11.3 Å². The molecule has 2 aromatic rings. The maximum absolute atomic E-state index is 5.73. The van der Waals surface area contributed by atoms with E-state index >= 15 is 0 Å². The number of benzene rings is 1. The normalized spacial score (nSPS) is 16.9. The molecule has 0 saturated carbocycles. The maximum Gasteiger partial charge on any atom is 0.191 e. The number of hydrogen-bond donors (Lipinski definition) is 2. The van der Waals surface area contributed by atoms with Gasteiger partial charge in [-0.1, -0.05) is 18.2 Å². The maximum atomic E-state index is 5.73. The Morgan fingerprint density at radius 3 is 2.92 bits per heavy atom. The van der Waals surface area contributed by atoms with Gasteiger partial charge in [0.15, 0.2) is 5.96 Å². The number of guanidine groups is 1. The molecule has 25 heavy (non-hydrogen) atoms. The molecule has 134 valence electrons. The molecule has 0 saturated heterocycles. The number of para-hydroxylation sites is 1. The molecule has 1 aromatic carbocycles. The van der Waals surface area contributed by atoms with Crippen molar-refractivity contribution in [2.45, 2.75) is 32.6 Å². The number of thiazole rings is 1. The molecule has 3 rings (SSSR count). The molecular weight excluding hydrogens is 332 g/mol. The standard InChI is InChI=1S/C19H26N4OS/c1-13-14(2)25-18(23-13)8-10-21-19(20-3)22-12-15-9-11-24-17-7-5-4-6-16(15)17/h4-7,15H,8-12H2,1-3H3,(H2,20,21,22).